The third-order valence-electron chi connectivity index (χ3n) is 4.20. The van der Waals surface area contributed by atoms with E-state index in [1.807, 2.05) is 42.5 Å². The Morgan fingerprint density at radius 2 is 1.67 bits per heavy atom. The lowest BCUT2D eigenvalue weighted by molar-refractivity contribution is -0.152. The molecule has 0 spiro atoms. The van der Waals surface area contributed by atoms with Crippen LogP contribution in [0, 0.1) is 0 Å². The molecule has 0 fully saturated rings. The van der Waals surface area contributed by atoms with E-state index in [0.717, 1.165) is 22.1 Å². The lowest BCUT2D eigenvalue weighted by Gasteiger charge is -2.14. The van der Waals surface area contributed by atoms with Crippen LogP contribution < -0.4 is 10.1 Å². The monoisotopic (exact) mass is 363 g/mol. The van der Waals surface area contributed by atoms with Gasteiger partial charge in [0.05, 0.1) is 13.5 Å². The van der Waals surface area contributed by atoms with Gasteiger partial charge in [-0.1, -0.05) is 42.5 Å². The molecule has 0 saturated carbocycles. The highest BCUT2D eigenvalue weighted by Crippen LogP contribution is 2.19. The van der Waals surface area contributed by atoms with Crippen LogP contribution in [0.15, 0.2) is 66.7 Å². The third-order valence-corrected chi connectivity index (χ3v) is 4.20. The second-order valence-electron chi connectivity index (χ2n) is 6.21. The average molecular weight is 363 g/mol. The molecule has 1 N–H and O–H groups in total. The van der Waals surface area contributed by atoms with Crippen LogP contribution in [-0.2, 0) is 20.7 Å². The topological polar surface area (TPSA) is 64.6 Å². The van der Waals surface area contributed by atoms with E-state index in [1.165, 1.54) is 0 Å². The van der Waals surface area contributed by atoms with Crippen LogP contribution in [0.3, 0.4) is 0 Å². The molecule has 1 amide bonds. The van der Waals surface area contributed by atoms with E-state index < -0.39 is 12.1 Å². The molecule has 5 nitrogen and oxygen atoms in total. The molecule has 0 bridgehead atoms. The quantitative estimate of drug-likeness (QED) is 0.673. The van der Waals surface area contributed by atoms with Gasteiger partial charge >= 0.3 is 5.97 Å². The minimum absolute atomic E-state index is 0.0948. The van der Waals surface area contributed by atoms with Crippen LogP contribution >= 0.6 is 0 Å². The molecule has 1 atom stereocenters. The second kappa shape index (κ2) is 8.36. The summed E-state index contributed by atoms with van der Waals surface area (Å²) >= 11 is 0. The van der Waals surface area contributed by atoms with Crippen molar-refractivity contribution in [3.05, 3.63) is 72.3 Å². The zero-order valence-electron chi connectivity index (χ0n) is 15.3. The number of benzene rings is 3. The number of fused-ring (bicyclic) bond motifs is 1. The van der Waals surface area contributed by atoms with Gasteiger partial charge in [0.2, 0.25) is 0 Å². The summed E-state index contributed by atoms with van der Waals surface area (Å²) in [6.07, 6.45) is -0.792. The first-order chi connectivity index (χ1) is 13.0. The van der Waals surface area contributed by atoms with Gasteiger partial charge in [-0.2, -0.15) is 0 Å². The molecule has 0 aliphatic heterocycles. The molecule has 0 aromatic heterocycles. The Kier molecular flexibility index (Phi) is 5.71. The zero-order chi connectivity index (χ0) is 19.2. The van der Waals surface area contributed by atoms with E-state index in [0.29, 0.717) is 5.69 Å². The lowest BCUT2D eigenvalue weighted by Crippen LogP contribution is -2.30. The van der Waals surface area contributed by atoms with Crippen LogP contribution in [0.5, 0.6) is 5.75 Å². The third kappa shape index (κ3) is 4.85. The highest BCUT2D eigenvalue weighted by Gasteiger charge is 2.18. The molecular formula is C22H21NO4. The van der Waals surface area contributed by atoms with Crippen molar-refractivity contribution in [2.24, 2.45) is 0 Å². The first-order valence-corrected chi connectivity index (χ1v) is 8.67. The Hall–Kier alpha value is -3.34. The molecule has 0 heterocycles. The Morgan fingerprint density at radius 3 is 2.37 bits per heavy atom. The number of anilines is 1. The summed E-state index contributed by atoms with van der Waals surface area (Å²) in [5.74, 6) is -0.107. The van der Waals surface area contributed by atoms with E-state index in [-0.39, 0.29) is 12.3 Å². The molecule has 3 rings (SSSR count). The maximum atomic E-state index is 12.3. The number of nitrogens with one attached hydrogen (secondary N) is 1. The molecule has 0 saturated heterocycles. The van der Waals surface area contributed by atoms with Crippen molar-refractivity contribution in [1.29, 1.82) is 0 Å². The predicted octanol–water partition coefficient (Wildman–Crippen LogP) is 3.96. The first kappa shape index (κ1) is 18.5. The summed E-state index contributed by atoms with van der Waals surface area (Å²) in [7, 11) is 1.58. The van der Waals surface area contributed by atoms with Gasteiger partial charge in [0.15, 0.2) is 6.10 Å². The van der Waals surface area contributed by atoms with Crippen LogP contribution in [0.25, 0.3) is 10.8 Å². The number of amides is 1. The number of ether oxygens (including phenoxy) is 2. The summed E-state index contributed by atoms with van der Waals surface area (Å²) in [5.41, 5.74) is 1.46. The number of hydrogen-bond acceptors (Lipinski definition) is 4. The predicted molar refractivity (Wildman–Crippen MR) is 105 cm³/mol. The van der Waals surface area contributed by atoms with Crippen LogP contribution in [-0.4, -0.2) is 25.1 Å². The maximum Gasteiger partial charge on any atom is 0.311 e. The van der Waals surface area contributed by atoms with Crippen molar-refractivity contribution < 1.29 is 19.1 Å². The van der Waals surface area contributed by atoms with Crippen LogP contribution in [0.4, 0.5) is 5.69 Å². The molecule has 138 valence electrons. The molecular weight excluding hydrogens is 342 g/mol. The Bertz CT molecular complexity index is 950. The van der Waals surface area contributed by atoms with Crippen molar-refractivity contribution in [2.75, 3.05) is 12.4 Å². The highest BCUT2D eigenvalue weighted by molar-refractivity contribution is 5.97. The fraction of sp³-hybridized carbons (Fsp3) is 0.182. The Labute approximate surface area is 157 Å². The molecule has 0 aliphatic carbocycles. The highest BCUT2D eigenvalue weighted by atomic mass is 16.5. The summed E-state index contributed by atoms with van der Waals surface area (Å²) in [6, 6.07) is 20.7. The largest absolute Gasteiger partial charge is 0.497 e. The van der Waals surface area contributed by atoms with Gasteiger partial charge in [-0.25, -0.2) is 0 Å². The number of rotatable bonds is 6. The van der Waals surface area contributed by atoms with Gasteiger partial charge in [-0.05, 0) is 47.5 Å². The van der Waals surface area contributed by atoms with Crippen LogP contribution in [0.2, 0.25) is 0 Å². The van der Waals surface area contributed by atoms with Crippen molar-refractivity contribution in [2.45, 2.75) is 19.4 Å². The lowest BCUT2D eigenvalue weighted by atomic mass is 10.1. The fourth-order valence-corrected chi connectivity index (χ4v) is 2.71. The normalized spacial score (nSPS) is 11.6. The number of hydrogen-bond donors (Lipinski definition) is 1. The smallest absolute Gasteiger partial charge is 0.311 e. The summed E-state index contributed by atoms with van der Waals surface area (Å²) in [5, 5.41) is 4.90. The van der Waals surface area contributed by atoms with Gasteiger partial charge in [0.25, 0.3) is 5.91 Å². The average Bonchev–Trinajstić information content (AvgIpc) is 2.68. The number of esters is 1. The summed E-state index contributed by atoms with van der Waals surface area (Å²) in [6.45, 7) is 1.56. The van der Waals surface area contributed by atoms with Gasteiger partial charge < -0.3 is 14.8 Å². The van der Waals surface area contributed by atoms with Gasteiger partial charge in [0.1, 0.15) is 5.75 Å². The minimum Gasteiger partial charge on any atom is -0.497 e. The van der Waals surface area contributed by atoms with Crippen molar-refractivity contribution >= 4 is 28.3 Å². The molecule has 0 unspecified atom stereocenters. The Morgan fingerprint density at radius 1 is 0.963 bits per heavy atom. The molecule has 3 aromatic rings. The second-order valence-corrected chi connectivity index (χ2v) is 6.21. The van der Waals surface area contributed by atoms with Crippen molar-refractivity contribution in [1.82, 2.24) is 0 Å². The number of carbonyl (C=O) groups is 2. The molecule has 5 heteroatoms. The SMILES string of the molecule is COc1ccc(CC(=O)O[C@@H](C)C(=O)Nc2ccc3ccccc3c2)cc1. The molecule has 0 aliphatic rings. The maximum absolute atomic E-state index is 12.3. The minimum atomic E-state index is -0.887. The Balaban J connectivity index is 1.56. The van der Waals surface area contributed by atoms with E-state index in [4.69, 9.17) is 9.47 Å². The molecule has 3 aromatic carbocycles. The standard InChI is InChI=1S/C22H21NO4/c1-15(27-21(24)13-16-7-11-20(26-2)12-8-16)22(25)23-19-10-9-17-5-3-4-6-18(17)14-19/h3-12,14-15H,13H2,1-2H3,(H,23,25)/t15-/m0/s1. The summed E-state index contributed by atoms with van der Waals surface area (Å²) in [4.78, 5) is 24.4. The number of methoxy groups -OCH3 is 1. The number of carbonyl (C=O) groups excluding carboxylic acids is 2. The molecule has 27 heavy (non-hydrogen) atoms. The van der Waals surface area contributed by atoms with Crippen molar-refractivity contribution in [3.8, 4) is 5.75 Å². The van der Waals surface area contributed by atoms with Gasteiger partial charge in [-0.3, -0.25) is 9.59 Å². The van der Waals surface area contributed by atoms with Crippen LogP contribution in [0.1, 0.15) is 12.5 Å². The van der Waals surface area contributed by atoms with E-state index in [2.05, 4.69) is 5.32 Å². The zero-order valence-corrected chi connectivity index (χ0v) is 15.3. The fourth-order valence-electron chi connectivity index (χ4n) is 2.71. The van der Waals surface area contributed by atoms with Gasteiger partial charge in [0, 0.05) is 5.69 Å². The van der Waals surface area contributed by atoms with Crippen molar-refractivity contribution in [3.63, 3.8) is 0 Å². The van der Waals surface area contributed by atoms with Gasteiger partial charge in [-0.15, -0.1) is 0 Å². The first-order valence-electron chi connectivity index (χ1n) is 8.67. The van der Waals surface area contributed by atoms with E-state index in [1.54, 1.807) is 38.3 Å². The van der Waals surface area contributed by atoms with E-state index >= 15 is 0 Å². The molecule has 0 radical (unpaired) electrons. The van der Waals surface area contributed by atoms with E-state index in [9.17, 15) is 9.59 Å². The summed E-state index contributed by atoms with van der Waals surface area (Å²) < 4.78 is 10.3.